The number of nitrogens with one attached hydrogen (secondary N) is 1. The first-order chi connectivity index (χ1) is 8.74. The minimum atomic E-state index is -0.819. The summed E-state index contributed by atoms with van der Waals surface area (Å²) in [6.45, 7) is 13.4. The Morgan fingerprint density at radius 3 is 2.53 bits per heavy atom. The topological polar surface area (TPSA) is 52.6 Å². The third-order valence-electron chi connectivity index (χ3n) is 4.43. The third-order valence-corrected chi connectivity index (χ3v) is 4.43. The van der Waals surface area contributed by atoms with Gasteiger partial charge in [0.25, 0.3) is 0 Å². The first kappa shape index (κ1) is 16.4. The zero-order valence-corrected chi connectivity index (χ0v) is 13.1. The van der Waals surface area contributed by atoms with E-state index in [1.807, 2.05) is 13.8 Å². The fourth-order valence-electron chi connectivity index (χ4n) is 2.81. The summed E-state index contributed by atoms with van der Waals surface area (Å²) in [5, 5.41) is 12.6. The lowest BCUT2D eigenvalue weighted by atomic mass is 9.88. The number of nitrogens with zero attached hydrogens (tertiary/aromatic N) is 1. The Morgan fingerprint density at radius 2 is 2.05 bits per heavy atom. The van der Waals surface area contributed by atoms with E-state index in [9.17, 15) is 9.90 Å². The Hall–Kier alpha value is -0.610. The van der Waals surface area contributed by atoms with Crippen LogP contribution < -0.4 is 5.32 Å². The van der Waals surface area contributed by atoms with Crippen LogP contribution in [-0.4, -0.2) is 47.2 Å². The fraction of sp³-hybridized carbons (Fsp3) is 0.933. The average Bonchev–Trinajstić information content (AvgIpc) is 2.29. The van der Waals surface area contributed by atoms with Crippen molar-refractivity contribution in [3.05, 3.63) is 0 Å². The van der Waals surface area contributed by atoms with Gasteiger partial charge in [-0.15, -0.1) is 0 Å². The molecule has 1 fully saturated rings. The first-order valence-corrected chi connectivity index (χ1v) is 7.48. The van der Waals surface area contributed by atoms with E-state index in [1.54, 1.807) is 6.92 Å². The van der Waals surface area contributed by atoms with Crippen molar-refractivity contribution in [3.8, 4) is 0 Å². The predicted molar refractivity (Wildman–Crippen MR) is 78.3 cm³/mol. The van der Waals surface area contributed by atoms with E-state index >= 15 is 0 Å². The van der Waals surface area contributed by atoms with Crippen LogP contribution in [0.4, 0.5) is 0 Å². The first-order valence-electron chi connectivity index (χ1n) is 7.48. The van der Waals surface area contributed by atoms with Crippen LogP contribution in [0.25, 0.3) is 0 Å². The second-order valence-electron chi connectivity index (χ2n) is 6.73. The van der Waals surface area contributed by atoms with Crippen molar-refractivity contribution < 1.29 is 9.90 Å². The quantitative estimate of drug-likeness (QED) is 0.777. The Bertz CT molecular complexity index is 307. The summed E-state index contributed by atoms with van der Waals surface area (Å²) < 4.78 is 0. The number of aliphatic carboxylic acids is 1. The van der Waals surface area contributed by atoms with Gasteiger partial charge < -0.3 is 10.0 Å². The molecule has 0 spiro atoms. The highest BCUT2D eigenvalue weighted by atomic mass is 16.4. The SMILES string of the molecule is CC(C)NC(C)(CCN1CCC(C)C(C)C1)C(=O)O. The lowest BCUT2D eigenvalue weighted by molar-refractivity contribution is -0.145. The number of carboxylic acid groups (broad SMARTS) is 1. The minimum Gasteiger partial charge on any atom is -0.480 e. The van der Waals surface area contributed by atoms with Gasteiger partial charge in [0.1, 0.15) is 5.54 Å². The molecule has 1 rings (SSSR count). The Balaban J connectivity index is 2.50. The van der Waals surface area contributed by atoms with Crippen molar-refractivity contribution in [1.29, 1.82) is 0 Å². The molecule has 1 aliphatic heterocycles. The van der Waals surface area contributed by atoms with Crippen LogP contribution in [0.3, 0.4) is 0 Å². The van der Waals surface area contributed by atoms with Crippen LogP contribution in [0, 0.1) is 11.8 Å². The van der Waals surface area contributed by atoms with Gasteiger partial charge in [0.05, 0.1) is 0 Å². The number of hydrogen-bond donors (Lipinski definition) is 2. The third kappa shape index (κ3) is 4.77. The number of likely N-dealkylation sites (tertiary alicyclic amines) is 1. The highest BCUT2D eigenvalue weighted by Gasteiger charge is 2.34. The molecule has 0 bridgehead atoms. The molecule has 0 amide bonds. The summed E-state index contributed by atoms with van der Waals surface area (Å²) in [5.41, 5.74) is -0.819. The largest absolute Gasteiger partial charge is 0.480 e. The minimum absolute atomic E-state index is 0.182. The van der Waals surface area contributed by atoms with Gasteiger partial charge in [-0.05, 0) is 52.0 Å². The summed E-state index contributed by atoms with van der Waals surface area (Å²) >= 11 is 0. The van der Waals surface area contributed by atoms with E-state index < -0.39 is 11.5 Å². The molecule has 0 aromatic carbocycles. The highest BCUT2D eigenvalue weighted by Crippen LogP contribution is 2.23. The molecule has 0 aliphatic carbocycles. The summed E-state index contributed by atoms with van der Waals surface area (Å²) in [7, 11) is 0. The van der Waals surface area contributed by atoms with Crippen LogP contribution in [0.1, 0.15) is 47.5 Å². The van der Waals surface area contributed by atoms with Gasteiger partial charge in [0.2, 0.25) is 0 Å². The van der Waals surface area contributed by atoms with Gasteiger partial charge in [-0.25, -0.2) is 0 Å². The van der Waals surface area contributed by atoms with Gasteiger partial charge in [0, 0.05) is 19.1 Å². The van der Waals surface area contributed by atoms with Crippen molar-refractivity contribution in [2.45, 2.75) is 59.0 Å². The molecule has 0 aromatic rings. The molecule has 0 aromatic heterocycles. The number of carboxylic acids is 1. The smallest absolute Gasteiger partial charge is 0.323 e. The average molecular weight is 270 g/mol. The van der Waals surface area contributed by atoms with E-state index in [2.05, 4.69) is 24.1 Å². The molecule has 0 radical (unpaired) electrons. The molecular formula is C15H30N2O2. The second kappa shape index (κ2) is 6.71. The van der Waals surface area contributed by atoms with Crippen LogP contribution in [0.5, 0.6) is 0 Å². The van der Waals surface area contributed by atoms with E-state index in [0.29, 0.717) is 12.3 Å². The molecule has 1 saturated heterocycles. The van der Waals surface area contributed by atoms with E-state index in [4.69, 9.17) is 0 Å². The zero-order chi connectivity index (χ0) is 14.6. The molecule has 112 valence electrons. The Kier molecular flexibility index (Phi) is 5.81. The molecular weight excluding hydrogens is 240 g/mol. The Labute approximate surface area is 117 Å². The van der Waals surface area contributed by atoms with Crippen molar-refractivity contribution in [1.82, 2.24) is 10.2 Å². The van der Waals surface area contributed by atoms with Gasteiger partial charge >= 0.3 is 5.97 Å². The highest BCUT2D eigenvalue weighted by molar-refractivity contribution is 5.78. The van der Waals surface area contributed by atoms with Gasteiger partial charge in [-0.3, -0.25) is 10.1 Å². The summed E-state index contributed by atoms with van der Waals surface area (Å²) in [6.07, 6.45) is 1.88. The van der Waals surface area contributed by atoms with Crippen molar-refractivity contribution in [3.63, 3.8) is 0 Å². The number of piperidine rings is 1. The molecule has 4 heteroatoms. The normalized spacial score (nSPS) is 28.3. The number of carbonyl (C=O) groups is 1. The molecule has 4 nitrogen and oxygen atoms in total. The zero-order valence-electron chi connectivity index (χ0n) is 13.1. The van der Waals surface area contributed by atoms with Crippen LogP contribution in [0.15, 0.2) is 0 Å². The van der Waals surface area contributed by atoms with E-state index in [0.717, 1.165) is 25.6 Å². The van der Waals surface area contributed by atoms with Crippen molar-refractivity contribution >= 4 is 5.97 Å². The maximum Gasteiger partial charge on any atom is 0.323 e. The number of rotatable bonds is 6. The van der Waals surface area contributed by atoms with Gasteiger partial charge in [0.15, 0.2) is 0 Å². The summed E-state index contributed by atoms with van der Waals surface area (Å²) in [6, 6.07) is 0.182. The Morgan fingerprint density at radius 1 is 1.42 bits per heavy atom. The molecule has 19 heavy (non-hydrogen) atoms. The second-order valence-corrected chi connectivity index (χ2v) is 6.73. The molecule has 0 saturated carbocycles. The lowest BCUT2D eigenvalue weighted by Crippen LogP contribution is -2.54. The van der Waals surface area contributed by atoms with E-state index in [1.165, 1.54) is 6.42 Å². The maximum absolute atomic E-state index is 11.5. The van der Waals surface area contributed by atoms with Crippen LogP contribution in [-0.2, 0) is 4.79 Å². The lowest BCUT2D eigenvalue weighted by Gasteiger charge is -2.37. The monoisotopic (exact) mass is 270 g/mol. The van der Waals surface area contributed by atoms with Crippen LogP contribution in [0.2, 0.25) is 0 Å². The summed E-state index contributed by atoms with van der Waals surface area (Å²) in [5.74, 6) is 0.749. The van der Waals surface area contributed by atoms with Crippen molar-refractivity contribution in [2.24, 2.45) is 11.8 Å². The molecule has 1 aliphatic rings. The maximum atomic E-state index is 11.5. The number of hydrogen-bond acceptors (Lipinski definition) is 3. The van der Waals surface area contributed by atoms with Gasteiger partial charge in [-0.2, -0.15) is 0 Å². The standard InChI is InChI=1S/C15H30N2O2/c1-11(2)16-15(5,14(18)19)7-9-17-8-6-12(3)13(4)10-17/h11-13,16H,6-10H2,1-5H3,(H,18,19). The van der Waals surface area contributed by atoms with Crippen LogP contribution >= 0.6 is 0 Å². The molecule has 1 heterocycles. The fourth-order valence-corrected chi connectivity index (χ4v) is 2.81. The molecule has 3 unspecified atom stereocenters. The van der Waals surface area contributed by atoms with Gasteiger partial charge in [-0.1, -0.05) is 13.8 Å². The summed E-state index contributed by atoms with van der Waals surface area (Å²) in [4.78, 5) is 13.9. The van der Waals surface area contributed by atoms with Crippen molar-refractivity contribution in [2.75, 3.05) is 19.6 Å². The molecule has 3 atom stereocenters. The molecule has 2 N–H and O–H groups in total. The predicted octanol–water partition coefficient (Wildman–Crippen LogP) is 2.20. The van der Waals surface area contributed by atoms with E-state index in [-0.39, 0.29) is 6.04 Å².